The Kier molecular flexibility index (Phi) is 4.12. The lowest BCUT2D eigenvalue weighted by Crippen LogP contribution is -2.52. The van der Waals surface area contributed by atoms with Gasteiger partial charge in [0.05, 0.1) is 23.8 Å². The predicted octanol–water partition coefficient (Wildman–Crippen LogP) is 0.672. The third-order valence-corrected chi connectivity index (χ3v) is 4.69. The monoisotopic (exact) mass is 327 g/mol. The molecule has 2 saturated heterocycles. The minimum Gasteiger partial charge on any atom is -0.353 e. The fourth-order valence-electron chi connectivity index (χ4n) is 3.21. The number of hydrogen-bond donors (Lipinski definition) is 2. The number of piperidine rings is 1. The molecule has 0 bridgehead atoms. The van der Waals surface area contributed by atoms with E-state index < -0.39 is 0 Å². The van der Waals surface area contributed by atoms with Gasteiger partial charge in [-0.1, -0.05) is 0 Å². The molecule has 0 atom stereocenters. The fourth-order valence-corrected chi connectivity index (χ4v) is 3.21. The average Bonchev–Trinajstić information content (AvgIpc) is 3.04. The maximum Gasteiger partial charge on any atom is 0.231 e. The van der Waals surface area contributed by atoms with Gasteiger partial charge in [0.25, 0.3) is 0 Å². The van der Waals surface area contributed by atoms with E-state index in [1.807, 2.05) is 23.0 Å². The molecule has 2 aromatic rings. The van der Waals surface area contributed by atoms with Gasteiger partial charge in [0, 0.05) is 25.5 Å². The van der Waals surface area contributed by atoms with Crippen molar-refractivity contribution in [1.82, 2.24) is 25.3 Å². The van der Waals surface area contributed by atoms with Gasteiger partial charge in [-0.05, 0) is 38.1 Å². The van der Waals surface area contributed by atoms with Crippen LogP contribution in [0.1, 0.15) is 18.9 Å². The Morgan fingerprint density at radius 1 is 1.29 bits per heavy atom. The molecule has 4 heterocycles. The van der Waals surface area contributed by atoms with Crippen LogP contribution in [0.2, 0.25) is 0 Å². The van der Waals surface area contributed by atoms with E-state index in [1.165, 1.54) is 0 Å². The number of carbonyl (C=O) groups is 1. The minimum atomic E-state index is -0.0192. The molecule has 2 aliphatic rings. The Morgan fingerprint density at radius 2 is 2.12 bits per heavy atom. The third kappa shape index (κ3) is 3.09. The highest BCUT2D eigenvalue weighted by Gasteiger charge is 2.33. The molecular weight excluding hydrogens is 306 g/mol. The lowest BCUT2D eigenvalue weighted by Gasteiger charge is -2.38. The number of amides is 1. The third-order valence-electron chi connectivity index (χ3n) is 4.69. The van der Waals surface area contributed by atoms with Crippen LogP contribution >= 0.6 is 0 Å². The first-order valence-corrected chi connectivity index (χ1v) is 8.38. The number of hydrogen-bond acceptors (Lipinski definition) is 6. The van der Waals surface area contributed by atoms with E-state index in [0.29, 0.717) is 19.1 Å². The lowest BCUT2D eigenvalue weighted by molar-refractivity contribution is -0.120. The van der Waals surface area contributed by atoms with Crippen LogP contribution in [0.15, 0.2) is 30.7 Å². The van der Waals surface area contributed by atoms with E-state index >= 15 is 0 Å². The second-order valence-electron chi connectivity index (χ2n) is 6.36. The van der Waals surface area contributed by atoms with Crippen LogP contribution in [0.4, 0.5) is 11.5 Å². The molecule has 0 aromatic carbocycles. The van der Waals surface area contributed by atoms with E-state index in [4.69, 9.17) is 0 Å². The van der Waals surface area contributed by atoms with Crippen molar-refractivity contribution < 1.29 is 4.79 Å². The van der Waals surface area contributed by atoms with Crippen LogP contribution in [0.3, 0.4) is 0 Å². The second-order valence-corrected chi connectivity index (χ2v) is 6.36. The van der Waals surface area contributed by atoms with Gasteiger partial charge in [0.15, 0.2) is 5.82 Å². The molecule has 0 aliphatic carbocycles. The average molecular weight is 327 g/mol. The van der Waals surface area contributed by atoms with E-state index in [9.17, 15) is 4.79 Å². The van der Waals surface area contributed by atoms with Gasteiger partial charge < -0.3 is 15.5 Å². The molecule has 2 N–H and O–H groups in total. The van der Waals surface area contributed by atoms with Gasteiger partial charge in [-0.15, -0.1) is 5.10 Å². The van der Waals surface area contributed by atoms with Crippen LogP contribution in [-0.4, -0.2) is 52.1 Å². The zero-order valence-electron chi connectivity index (χ0n) is 13.4. The van der Waals surface area contributed by atoms with Crippen molar-refractivity contribution in [2.24, 2.45) is 5.92 Å². The van der Waals surface area contributed by atoms with Gasteiger partial charge in [0.1, 0.15) is 0 Å². The molecule has 0 radical (unpaired) electrons. The molecule has 2 aliphatic heterocycles. The summed E-state index contributed by atoms with van der Waals surface area (Å²) in [7, 11) is 0. The SMILES string of the molecule is O=C(Nc1cnn(C2CCNCC2)c1)C1CN(c2cccnn2)C1. The van der Waals surface area contributed by atoms with Crippen LogP contribution in [-0.2, 0) is 4.79 Å². The number of anilines is 2. The van der Waals surface area contributed by atoms with Gasteiger partial charge in [-0.25, -0.2) is 0 Å². The van der Waals surface area contributed by atoms with Crippen molar-refractivity contribution in [3.8, 4) is 0 Å². The van der Waals surface area contributed by atoms with Gasteiger partial charge in [-0.3, -0.25) is 9.48 Å². The molecule has 0 unspecified atom stereocenters. The number of rotatable bonds is 4. The largest absolute Gasteiger partial charge is 0.353 e. The summed E-state index contributed by atoms with van der Waals surface area (Å²) in [5, 5.41) is 18.6. The zero-order valence-corrected chi connectivity index (χ0v) is 13.4. The first-order chi connectivity index (χ1) is 11.8. The first-order valence-electron chi connectivity index (χ1n) is 8.38. The predicted molar refractivity (Wildman–Crippen MR) is 89.7 cm³/mol. The van der Waals surface area contributed by atoms with Crippen LogP contribution in [0, 0.1) is 5.92 Å². The highest BCUT2D eigenvalue weighted by Crippen LogP contribution is 2.24. The normalized spacial score (nSPS) is 19.1. The number of aromatic nitrogens is 4. The van der Waals surface area contributed by atoms with Gasteiger partial charge in [-0.2, -0.15) is 10.2 Å². The van der Waals surface area contributed by atoms with Crippen LogP contribution in [0.5, 0.6) is 0 Å². The Balaban J connectivity index is 1.30. The van der Waals surface area contributed by atoms with Crippen molar-refractivity contribution in [1.29, 1.82) is 0 Å². The summed E-state index contributed by atoms with van der Waals surface area (Å²) in [6, 6.07) is 4.18. The molecule has 2 fully saturated rings. The zero-order chi connectivity index (χ0) is 16.4. The Bertz CT molecular complexity index is 689. The molecule has 1 amide bonds. The molecule has 24 heavy (non-hydrogen) atoms. The Morgan fingerprint density at radius 3 is 2.88 bits per heavy atom. The Labute approximate surface area is 140 Å². The van der Waals surface area contributed by atoms with Gasteiger partial charge >= 0.3 is 0 Å². The molecule has 0 saturated carbocycles. The van der Waals surface area contributed by atoms with Crippen molar-refractivity contribution >= 4 is 17.4 Å². The highest BCUT2D eigenvalue weighted by atomic mass is 16.2. The molecule has 126 valence electrons. The van der Waals surface area contributed by atoms with Crippen molar-refractivity contribution in [2.45, 2.75) is 18.9 Å². The minimum absolute atomic E-state index is 0.0192. The van der Waals surface area contributed by atoms with E-state index in [1.54, 1.807) is 12.4 Å². The summed E-state index contributed by atoms with van der Waals surface area (Å²) in [5.74, 6) is 0.842. The first kappa shape index (κ1) is 15.1. The summed E-state index contributed by atoms with van der Waals surface area (Å²) in [5.41, 5.74) is 0.775. The van der Waals surface area contributed by atoms with Crippen LogP contribution < -0.4 is 15.5 Å². The molecule has 4 rings (SSSR count). The maximum atomic E-state index is 12.3. The summed E-state index contributed by atoms with van der Waals surface area (Å²) in [4.78, 5) is 14.4. The molecular formula is C16H21N7O. The fraction of sp³-hybridized carbons (Fsp3) is 0.500. The van der Waals surface area contributed by atoms with E-state index in [0.717, 1.165) is 37.4 Å². The maximum absolute atomic E-state index is 12.3. The Hall–Kier alpha value is -2.48. The van der Waals surface area contributed by atoms with Crippen molar-refractivity contribution in [3.63, 3.8) is 0 Å². The van der Waals surface area contributed by atoms with Crippen molar-refractivity contribution in [3.05, 3.63) is 30.7 Å². The van der Waals surface area contributed by atoms with E-state index in [-0.39, 0.29) is 11.8 Å². The lowest BCUT2D eigenvalue weighted by atomic mass is 9.99. The molecule has 0 spiro atoms. The highest BCUT2D eigenvalue weighted by molar-refractivity contribution is 5.94. The molecule has 8 heteroatoms. The van der Waals surface area contributed by atoms with E-state index in [2.05, 4.69) is 30.8 Å². The quantitative estimate of drug-likeness (QED) is 0.858. The topological polar surface area (TPSA) is 88.0 Å². The van der Waals surface area contributed by atoms with Crippen molar-refractivity contribution in [2.75, 3.05) is 36.4 Å². The molecule has 2 aromatic heterocycles. The number of nitrogens with one attached hydrogen (secondary N) is 2. The second kappa shape index (κ2) is 6.56. The molecule has 8 nitrogen and oxygen atoms in total. The summed E-state index contributed by atoms with van der Waals surface area (Å²) in [6.07, 6.45) is 7.47. The standard InChI is InChI=1S/C16H21N7O/c24-16(12-9-22(10-12)15-2-1-5-18-21-15)20-13-8-19-23(11-13)14-3-6-17-7-4-14/h1-2,5,8,11-12,14,17H,3-4,6-7,9-10H2,(H,20,24). The van der Waals surface area contributed by atoms with Crippen LogP contribution in [0.25, 0.3) is 0 Å². The number of nitrogens with zero attached hydrogens (tertiary/aromatic N) is 5. The summed E-state index contributed by atoms with van der Waals surface area (Å²) in [6.45, 7) is 3.39. The summed E-state index contributed by atoms with van der Waals surface area (Å²) >= 11 is 0. The smallest absolute Gasteiger partial charge is 0.231 e. The number of carbonyl (C=O) groups excluding carboxylic acids is 1. The summed E-state index contributed by atoms with van der Waals surface area (Å²) < 4.78 is 1.98. The van der Waals surface area contributed by atoms with Gasteiger partial charge in [0.2, 0.25) is 5.91 Å².